The van der Waals surface area contributed by atoms with E-state index in [1.165, 1.54) is 14.1 Å². The first-order valence-electron chi connectivity index (χ1n) is 8.49. The molecule has 0 aliphatic carbocycles. The topological polar surface area (TPSA) is 83.0 Å². The van der Waals surface area contributed by atoms with Crippen molar-refractivity contribution in [3.63, 3.8) is 0 Å². The molecule has 2 N–H and O–H groups in total. The molecule has 1 atom stereocenters. The van der Waals surface area contributed by atoms with E-state index in [1.54, 1.807) is 18.4 Å². The minimum Gasteiger partial charge on any atom is -0.379 e. The molecule has 0 radical (unpaired) electrons. The lowest BCUT2D eigenvalue weighted by molar-refractivity contribution is 0.0730. The Morgan fingerprint density at radius 3 is 2.72 bits per heavy atom. The number of thiophene rings is 1. The van der Waals surface area contributed by atoms with Crippen LogP contribution in [0.25, 0.3) is 0 Å². The first kappa shape index (κ1) is 20.2. The fourth-order valence-electron chi connectivity index (χ4n) is 2.63. The van der Waals surface area contributed by atoms with Gasteiger partial charge in [0.25, 0.3) is 0 Å². The Hall–Kier alpha value is -1.16. The van der Waals surface area contributed by atoms with Gasteiger partial charge in [-0.3, -0.25) is 4.99 Å². The quantitative estimate of drug-likeness (QED) is 0.534. The Morgan fingerprint density at radius 1 is 1.40 bits per heavy atom. The lowest BCUT2D eigenvalue weighted by atomic mass is 10.2. The number of ether oxygens (including phenoxy) is 1. The second kappa shape index (κ2) is 9.51. The van der Waals surface area contributed by atoms with Gasteiger partial charge in [0.05, 0.1) is 19.0 Å². The smallest absolute Gasteiger partial charge is 0.215 e. The van der Waals surface area contributed by atoms with Crippen molar-refractivity contribution in [1.29, 1.82) is 0 Å². The molecule has 1 aliphatic heterocycles. The lowest BCUT2D eigenvalue weighted by Gasteiger charge is -2.26. The molecule has 1 aromatic heterocycles. The number of nitrogens with zero attached hydrogens (tertiary/aromatic N) is 2. The molecule has 0 amide bonds. The zero-order valence-electron chi connectivity index (χ0n) is 15.1. The van der Waals surface area contributed by atoms with E-state index in [0.29, 0.717) is 38.8 Å². The van der Waals surface area contributed by atoms with E-state index >= 15 is 0 Å². The summed E-state index contributed by atoms with van der Waals surface area (Å²) in [6.45, 7) is 6.32. The summed E-state index contributed by atoms with van der Waals surface area (Å²) in [6.07, 6.45) is 0.908. The highest BCUT2D eigenvalue weighted by Crippen LogP contribution is 2.16. The molecule has 7 nitrogen and oxygen atoms in total. The number of hydrogen-bond acceptors (Lipinski definition) is 5. The molecule has 0 spiro atoms. The first-order chi connectivity index (χ1) is 11.9. The predicted octanol–water partition coefficient (Wildman–Crippen LogP) is 0.815. The third-order valence-corrected chi connectivity index (χ3v) is 6.82. The fraction of sp³-hybridized carbons (Fsp3) is 0.688. The number of aliphatic imine (C=N–C) groups is 1. The number of nitrogens with one attached hydrogen (secondary N) is 2. The van der Waals surface area contributed by atoms with E-state index in [-0.39, 0.29) is 11.8 Å². The highest BCUT2D eigenvalue weighted by atomic mass is 32.2. The van der Waals surface area contributed by atoms with Crippen molar-refractivity contribution in [2.75, 3.05) is 45.6 Å². The number of hydrogen-bond donors (Lipinski definition) is 2. The second-order valence-corrected chi connectivity index (χ2v) is 9.55. The van der Waals surface area contributed by atoms with E-state index in [9.17, 15) is 8.42 Å². The Morgan fingerprint density at radius 2 is 2.12 bits per heavy atom. The molecule has 2 rings (SSSR count). The van der Waals surface area contributed by atoms with Crippen molar-refractivity contribution in [3.8, 4) is 0 Å². The summed E-state index contributed by atoms with van der Waals surface area (Å²) in [7, 11) is -1.56. The van der Waals surface area contributed by atoms with Gasteiger partial charge in [-0.25, -0.2) is 8.42 Å². The Labute approximate surface area is 154 Å². The van der Waals surface area contributed by atoms with E-state index in [1.807, 2.05) is 0 Å². The summed E-state index contributed by atoms with van der Waals surface area (Å²) in [5.74, 6) is 0.671. The van der Waals surface area contributed by atoms with Crippen molar-refractivity contribution in [1.82, 2.24) is 14.9 Å². The molecule has 1 unspecified atom stereocenters. The molecule has 1 saturated heterocycles. The summed E-state index contributed by atoms with van der Waals surface area (Å²) >= 11 is 1.79. The summed E-state index contributed by atoms with van der Waals surface area (Å²) < 4.78 is 31.3. The molecule has 1 aromatic rings. The summed E-state index contributed by atoms with van der Waals surface area (Å²) in [4.78, 5) is 6.80. The summed E-state index contributed by atoms with van der Waals surface area (Å²) in [5.41, 5.74) is 0. The van der Waals surface area contributed by atoms with E-state index in [4.69, 9.17) is 4.74 Å². The van der Waals surface area contributed by atoms with E-state index in [2.05, 4.69) is 41.6 Å². The van der Waals surface area contributed by atoms with Crippen LogP contribution < -0.4 is 10.6 Å². The number of guanidine groups is 1. The number of rotatable bonds is 7. The maximum absolute atomic E-state index is 12.3. The highest BCUT2D eigenvalue weighted by Gasteiger charge is 2.23. The van der Waals surface area contributed by atoms with Gasteiger partial charge in [0.2, 0.25) is 10.0 Å². The summed E-state index contributed by atoms with van der Waals surface area (Å²) in [5, 5.41) is 6.40. The molecule has 0 aromatic carbocycles. The Kier molecular flexibility index (Phi) is 7.67. The predicted molar refractivity (Wildman–Crippen MR) is 103 cm³/mol. The van der Waals surface area contributed by atoms with Crippen LogP contribution in [0.4, 0.5) is 0 Å². The normalized spacial score (nSPS) is 18.1. The van der Waals surface area contributed by atoms with E-state index < -0.39 is 10.0 Å². The molecule has 1 fully saturated rings. The van der Waals surface area contributed by atoms with Gasteiger partial charge >= 0.3 is 0 Å². The van der Waals surface area contributed by atoms with Crippen LogP contribution in [0.3, 0.4) is 0 Å². The zero-order chi connectivity index (χ0) is 18.3. The maximum Gasteiger partial charge on any atom is 0.215 e. The largest absolute Gasteiger partial charge is 0.379 e. The van der Waals surface area contributed by atoms with Crippen molar-refractivity contribution in [3.05, 3.63) is 21.9 Å². The third kappa shape index (κ3) is 6.58. The SMILES string of the molecule is CN=C(NCCS(=O)(=O)N1CCOCC1)NC(C)Cc1ccc(C)s1. The molecule has 2 heterocycles. The maximum atomic E-state index is 12.3. The molecule has 0 saturated carbocycles. The molecule has 0 bridgehead atoms. The van der Waals surface area contributed by atoms with Crippen LogP contribution in [0.2, 0.25) is 0 Å². The molecule has 1 aliphatic rings. The number of morpholine rings is 1. The molecular weight excluding hydrogens is 360 g/mol. The van der Waals surface area contributed by atoms with Crippen molar-refractivity contribution in [2.45, 2.75) is 26.3 Å². The van der Waals surface area contributed by atoms with Gasteiger partial charge in [0.1, 0.15) is 0 Å². The fourth-order valence-corrected chi connectivity index (χ4v) is 4.97. The number of sulfonamides is 1. The minimum atomic E-state index is -3.25. The van der Waals surface area contributed by atoms with Gasteiger partial charge in [0.15, 0.2) is 5.96 Å². The average molecular weight is 389 g/mol. The van der Waals surface area contributed by atoms with E-state index in [0.717, 1.165) is 6.42 Å². The monoisotopic (exact) mass is 388 g/mol. The van der Waals surface area contributed by atoms with Gasteiger partial charge < -0.3 is 15.4 Å². The van der Waals surface area contributed by atoms with Gasteiger partial charge in [-0.2, -0.15) is 4.31 Å². The van der Waals surface area contributed by atoms with Gasteiger partial charge in [-0.1, -0.05) is 0 Å². The van der Waals surface area contributed by atoms with Gasteiger partial charge in [-0.15, -0.1) is 11.3 Å². The van der Waals surface area contributed by atoms with Crippen LogP contribution in [0.15, 0.2) is 17.1 Å². The van der Waals surface area contributed by atoms with Gasteiger partial charge in [0, 0.05) is 48.9 Å². The molecular formula is C16H28N4O3S2. The van der Waals surface area contributed by atoms with Crippen LogP contribution in [-0.4, -0.2) is 70.4 Å². The van der Waals surface area contributed by atoms with Crippen LogP contribution in [0.1, 0.15) is 16.7 Å². The number of aryl methyl sites for hydroxylation is 1. The highest BCUT2D eigenvalue weighted by molar-refractivity contribution is 7.89. The lowest BCUT2D eigenvalue weighted by Crippen LogP contribution is -2.47. The Balaban J connectivity index is 1.75. The standard InChI is InChI=1S/C16H28N4O3S2/c1-13(12-15-5-4-14(2)24-15)19-16(17-3)18-6-11-25(21,22)20-7-9-23-10-8-20/h4-5,13H,6-12H2,1-3H3,(H2,17,18,19). The van der Waals surface area contributed by atoms with Crippen LogP contribution >= 0.6 is 11.3 Å². The molecule has 142 valence electrons. The minimum absolute atomic E-state index is 0.0478. The van der Waals surface area contributed by atoms with Crippen molar-refractivity contribution in [2.24, 2.45) is 4.99 Å². The van der Waals surface area contributed by atoms with Crippen molar-refractivity contribution < 1.29 is 13.2 Å². The van der Waals surface area contributed by atoms with Gasteiger partial charge in [-0.05, 0) is 26.0 Å². The summed E-state index contributed by atoms with van der Waals surface area (Å²) in [6, 6.07) is 4.47. The van der Waals surface area contributed by atoms with Crippen LogP contribution in [0.5, 0.6) is 0 Å². The average Bonchev–Trinajstić information content (AvgIpc) is 2.99. The molecule has 25 heavy (non-hydrogen) atoms. The van der Waals surface area contributed by atoms with Crippen LogP contribution in [-0.2, 0) is 21.2 Å². The van der Waals surface area contributed by atoms with Crippen molar-refractivity contribution >= 4 is 27.3 Å². The third-order valence-electron chi connectivity index (χ3n) is 3.93. The second-order valence-electron chi connectivity index (χ2n) is 6.09. The first-order valence-corrected chi connectivity index (χ1v) is 10.9. The molecule has 9 heteroatoms. The zero-order valence-corrected chi connectivity index (χ0v) is 16.8. The Bertz CT molecular complexity index is 667. The van der Waals surface area contributed by atoms with Crippen LogP contribution in [0, 0.1) is 6.92 Å².